The van der Waals surface area contributed by atoms with Gasteiger partial charge >= 0.3 is 6.18 Å². The maximum atomic E-state index is 13.3. The number of nitrogens with zero attached hydrogens (tertiary/aromatic N) is 2. The third kappa shape index (κ3) is 3.54. The molecule has 3 N–H and O–H groups in total. The summed E-state index contributed by atoms with van der Waals surface area (Å²) >= 11 is 3.10. The number of nitrogens with one attached hydrogen (secondary N) is 1. The molecule has 0 bridgehead atoms. The van der Waals surface area contributed by atoms with E-state index in [0.717, 1.165) is 10.8 Å². The van der Waals surface area contributed by atoms with Gasteiger partial charge in [-0.05, 0) is 18.2 Å². The Morgan fingerprint density at radius 2 is 2.08 bits per heavy atom. The maximum Gasteiger partial charge on any atom is 0.425 e. The SMILES string of the molecule is Cn1ccnc1C(O)(CC(=O)Nc1ccc(Br)cc1O)C(F)(F)F. The number of anilines is 1. The van der Waals surface area contributed by atoms with Crippen molar-refractivity contribution in [2.75, 3.05) is 5.32 Å². The van der Waals surface area contributed by atoms with Gasteiger partial charge in [0, 0.05) is 23.9 Å². The van der Waals surface area contributed by atoms with Crippen LogP contribution in [0.1, 0.15) is 12.2 Å². The first-order valence-corrected chi connectivity index (χ1v) is 7.39. The number of rotatable bonds is 4. The molecular weight excluding hydrogens is 395 g/mol. The van der Waals surface area contributed by atoms with Crippen LogP contribution in [0.15, 0.2) is 35.1 Å². The average molecular weight is 408 g/mol. The summed E-state index contributed by atoms with van der Waals surface area (Å²) in [7, 11) is 1.28. The van der Waals surface area contributed by atoms with E-state index in [-0.39, 0.29) is 11.4 Å². The van der Waals surface area contributed by atoms with Crippen molar-refractivity contribution in [1.82, 2.24) is 9.55 Å². The van der Waals surface area contributed by atoms with Gasteiger partial charge in [0.2, 0.25) is 11.5 Å². The van der Waals surface area contributed by atoms with Gasteiger partial charge in [0.25, 0.3) is 0 Å². The molecule has 1 aromatic carbocycles. The van der Waals surface area contributed by atoms with Gasteiger partial charge in [0.15, 0.2) is 5.82 Å². The number of aromatic nitrogens is 2. The summed E-state index contributed by atoms with van der Waals surface area (Å²) in [6.07, 6.45) is -4.11. The number of amides is 1. The molecule has 10 heteroatoms. The normalized spacial score (nSPS) is 14.2. The molecule has 0 spiro atoms. The molecule has 24 heavy (non-hydrogen) atoms. The van der Waals surface area contributed by atoms with Crippen molar-refractivity contribution in [2.45, 2.75) is 18.2 Å². The van der Waals surface area contributed by atoms with Crippen LogP contribution in [0.5, 0.6) is 5.75 Å². The summed E-state index contributed by atoms with van der Waals surface area (Å²) in [4.78, 5) is 15.5. The molecule has 1 unspecified atom stereocenters. The van der Waals surface area contributed by atoms with Crippen LogP contribution in [0.2, 0.25) is 0 Å². The van der Waals surface area contributed by atoms with Crippen LogP contribution >= 0.6 is 15.9 Å². The van der Waals surface area contributed by atoms with E-state index in [1.165, 1.54) is 31.4 Å². The van der Waals surface area contributed by atoms with Crippen molar-refractivity contribution in [3.05, 3.63) is 40.9 Å². The fourth-order valence-electron chi connectivity index (χ4n) is 2.11. The second-order valence-electron chi connectivity index (χ2n) is 5.11. The van der Waals surface area contributed by atoms with Crippen LogP contribution in [0.4, 0.5) is 18.9 Å². The fourth-order valence-corrected chi connectivity index (χ4v) is 2.46. The minimum atomic E-state index is -5.12. The van der Waals surface area contributed by atoms with Gasteiger partial charge in [-0.2, -0.15) is 13.2 Å². The van der Waals surface area contributed by atoms with E-state index in [2.05, 4.69) is 26.2 Å². The Balaban J connectivity index is 2.27. The first kappa shape index (κ1) is 18.3. The van der Waals surface area contributed by atoms with Gasteiger partial charge in [0.05, 0.1) is 12.1 Å². The van der Waals surface area contributed by atoms with Crippen LogP contribution in [0.25, 0.3) is 0 Å². The lowest BCUT2D eigenvalue weighted by Crippen LogP contribution is -2.46. The number of phenolic OH excluding ortho intramolecular Hbond substituents is 1. The van der Waals surface area contributed by atoms with Crippen LogP contribution in [-0.4, -0.2) is 31.8 Å². The smallest absolute Gasteiger partial charge is 0.425 e. The molecule has 2 aromatic rings. The van der Waals surface area contributed by atoms with Crippen molar-refractivity contribution in [2.24, 2.45) is 7.05 Å². The number of hydrogen-bond acceptors (Lipinski definition) is 4. The van der Waals surface area contributed by atoms with E-state index in [4.69, 9.17) is 0 Å². The molecule has 6 nitrogen and oxygen atoms in total. The average Bonchev–Trinajstić information content (AvgIpc) is 2.87. The summed E-state index contributed by atoms with van der Waals surface area (Å²) in [5, 5.41) is 21.9. The lowest BCUT2D eigenvalue weighted by atomic mass is 9.97. The van der Waals surface area contributed by atoms with Gasteiger partial charge in [-0.1, -0.05) is 15.9 Å². The van der Waals surface area contributed by atoms with Gasteiger partial charge in [-0.25, -0.2) is 4.98 Å². The van der Waals surface area contributed by atoms with Crippen molar-refractivity contribution < 1.29 is 28.2 Å². The highest BCUT2D eigenvalue weighted by atomic mass is 79.9. The highest BCUT2D eigenvalue weighted by Crippen LogP contribution is 2.41. The monoisotopic (exact) mass is 407 g/mol. The standard InChI is InChI=1S/C14H13BrF3N3O3/c1-21-5-4-19-12(21)13(24,14(16,17)18)7-11(23)20-9-3-2-8(15)6-10(9)22/h2-6,22,24H,7H2,1H3,(H,20,23). The lowest BCUT2D eigenvalue weighted by Gasteiger charge is -2.29. The molecule has 0 saturated carbocycles. The fraction of sp³-hybridized carbons (Fsp3) is 0.286. The van der Waals surface area contributed by atoms with Gasteiger partial charge in [-0.15, -0.1) is 0 Å². The summed E-state index contributed by atoms with van der Waals surface area (Å²) < 4.78 is 41.5. The third-order valence-electron chi connectivity index (χ3n) is 3.31. The summed E-state index contributed by atoms with van der Waals surface area (Å²) in [5.41, 5.74) is -3.53. The van der Waals surface area contributed by atoms with Crippen LogP contribution < -0.4 is 5.32 Å². The Kier molecular flexibility index (Phi) is 4.90. The Hall–Kier alpha value is -2.07. The predicted molar refractivity (Wildman–Crippen MR) is 82.2 cm³/mol. The van der Waals surface area contributed by atoms with Crippen LogP contribution in [0.3, 0.4) is 0 Å². The van der Waals surface area contributed by atoms with E-state index < -0.39 is 29.9 Å². The summed E-state index contributed by atoms with van der Waals surface area (Å²) in [6, 6.07) is 4.07. The van der Waals surface area contributed by atoms with Crippen molar-refractivity contribution in [3.8, 4) is 5.75 Å². The summed E-state index contributed by atoms with van der Waals surface area (Å²) in [6.45, 7) is 0. The van der Waals surface area contributed by atoms with E-state index in [1.54, 1.807) is 0 Å². The maximum absolute atomic E-state index is 13.3. The number of imidazole rings is 1. The number of aromatic hydroxyl groups is 1. The largest absolute Gasteiger partial charge is 0.506 e. The molecule has 0 fully saturated rings. The number of alkyl halides is 3. The van der Waals surface area contributed by atoms with Crippen molar-refractivity contribution >= 4 is 27.5 Å². The number of phenols is 1. The highest BCUT2D eigenvalue weighted by molar-refractivity contribution is 9.10. The van der Waals surface area contributed by atoms with Crippen molar-refractivity contribution in [3.63, 3.8) is 0 Å². The molecule has 130 valence electrons. The first-order chi connectivity index (χ1) is 11.0. The van der Waals surface area contributed by atoms with E-state index in [9.17, 15) is 28.2 Å². The van der Waals surface area contributed by atoms with Gasteiger partial charge < -0.3 is 20.1 Å². The molecule has 0 aliphatic carbocycles. The molecule has 0 aliphatic rings. The molecule has 1 atom stereocenters. The number of carbonyl (C=O) groups excluding carboxylic acids is 1. The molecule has 1 heterocycles. The minimum absolute atomic E-state index is 0.0763. The Labute approximate surface area is 143 Å². The lowest BCUT2D eigenvalue weighted by molar-refractivity contribution is -0.270. The molecule has 0 saturated heterocycles. The first-order valence-electron chi connectivity index (χ1n) is 6.60. The van der Waals surface area contributed by atoms with Gasteiger partial charge in [0.1, 0.15) is 5.75 Å². The summed E-state index contributed by atoms with van der Waals surface area (Å²) in [5.74, 6) is -2.16. The van der Waals surface area contributed by atoms with Crippen molar-refractivity contribution in [1.29, 1.82) is 0 Å². The molecule has 0 aliphatic heterocycles. The second kappa shape index (κ2) is 6.44. The zero-order valence-electron chi connectivity index (χ0n) is 12.3. The Bertz CT molecular complexity index is 763. The van der Waals surface area contributed by atoms with Crippen LogP contribution in [0, 0.1) is 0 Å². The number of carbonyl (C=O) groups is 1. The molecule has 1 amide bonds. The molecule has 2 rings (SSSR count). The van der Waals surface area contributed by atoms with Crippen LogP contribution in [-0.2, 0) is 17.4 Å². The van der Waals surface area contributed by atoms with E-state index >= 15 is 0 Å². The molecule has 1 aromatic heterocycles. The number of aliphatic hydroxyl groups is 1. The topological polar surface area (TPSA) is 87.4 Å². The van der Waals surface area contributed by atoms with E-state index in [0.29, 0.717) is 4.47 Å². The zero-order valence-corrected chi connectivity index (χ0v) is 13.9. The number of halogens is 4. The third-order valence-corrected chi connectivity index (χ3v) is 3.80. The second-order valence-corrected chi connectivity index (χ2v) is 6.02. The minimum Gasteiger partial charge on any atom is -0.506 e. The number of benzene rings is 1. The Morgan fingerprint density at radius 1 is 1.42 bits per heavy atom. The Morgan fingerprint density at radius 3 is 2.58 bits per heavy atom. The molecule has 0 radical (unpaired) electrons. The molecular formula is C14H13BrF3N3O3. The predicted octanol–water partition coefficient (Wildman–Crippen LogP) is 2.67. The number of hydrogen-bond donors (Lipinski definition) is 3. The number of aryl methyl sites for hydroxylation is 1. The van der Waals surface area contributed by atoms with Gasteiger partial charge in [-0.3, -0.25) is 4.79 Å². The zero-order chi connectivity index (χ0) is 18.1. The van der Waals surface area contributed by atoms with E-state index in [1.807, 2.05) is 0 Å². The highest BCUT2D eigenvalue weighted by Gasteiger charge is 2.58. The quantitative estimate of drug-likeness (QED) is 0.679.